The number of thioether (sulfide) groups is 1. The standard InChI is InChI=1S/C17H15Cl2F3N2O3S2/c1-28-5-4-14(17(25)23-15-8-12(21)11(20)7-13(15)22)24-29(26,27)16-6-9(18)2-3-10(16)19/h2-3,6-8,14,24H,4-5H2,1H3,(H,23,25). The van der Waals surface area contributed by atoms with Crippen molar-refractivity contribution in [2.45, 2.75) is 17.4 Å². The second-order valence-electron chi connectivity index (χ2n) is 5.77. The van der Waals surface area contributed by atoms with Gasteiger partial charge in [0.1, 0.15) is 16.8 Å². The van der Waals surface area contributed by atoms with Gasteiger partial charge in [-0.15, -0.1) is 0 Å². The van der Waals surface area contributed by atoms with Crippen LogP contribution in [-0.4, -0.2) is 32.4 Å². The van der Waals surface area contributed by atoms with E-state index in [2.05, 4.69) is 10.0 Å². The molecule has 0 spiro atoms. The van der Waals surface area contributed by atoms with Crippen LogP contribution < -0.4 is 10.0 Å². The summed E-state index contributed by atoms with van der Waals surface area (Å²) in [5.74, 6) is -4.57. The second kappa shape index (κ2) is 10.0. The number of hydrogen-bond acceptors (Lipinski definition) is 4. The van der Waals surface area contributed by atoms with Gasteiger partial charge in [-0.25, -0.2) is 21.6 Å². The van der Waals surface area contributed by atoms with Gasteiger partial charge >= 0.3 is 0 Å². The predicted molar refractivity (Wildman–Crippen MR) is 109 cm³/mol. The molecule has 1 atom stereocenters. The van der Waals surface area contributed by atoms with Gasteiger partial charge in [-0.2, -0.15) is 16.5 Å². The molecule has 0 saturated carbocycles. The molecular weight excluding hydrogens is 472 g/mol. The molecule has 0 aliphatic carbocycles. The molecule has 12 heteroatoms. The van der Waals surface area contributed by atoms with Crippen LogP contribution >= 0.6 is 35.0 Å². The third kappa shape index (κ3) is 6.26. The van der Waals surface area contributed by atoms with E-state index in [1.54, 1.807) is 6.26 Å². The number of amides is 1. The second-order valence-corrected chi connectivity index (χ2v) is 9.28. The number of carbonyl (C=O) groups excluding carboxylic acids is 1. The Morgan fingerprint density at radius 3 is 2.41 bits per heavy atom. The number of nitrogens with one attached hydrogen (secondary N) is 2. The molecule has 1 amide bonds. The molecule has 1 unspecified atom stereocenters. The summed E-state index contributed by atoms with van der Waals surface area (Å²) in [6.45, 7) is 0. The lowest BCUT2D eigenvalue weighted by Gasteiger charge is -2.19. The van der Waals surface area contributed by atoms with E-state index in [-0.39, 0.29) is 27.4 Å². The Kier molecular flexibility index (Phi) is 8.24. The molecule has 0 radical (unpaired) electrons. The van der Waals surface area contributed by atoms with Gasteiger partial charge in [-0.1, -0.05) is 23.2 Å². The van der Waals surface area contributed by atoms with Crippen LogP contribution in [-0.2, 0) is 14.8 Å². The summed E-state index contributed by atoms with van der Waals surface area (Å²) < 4.78 is 67.8. The fraction of sp³-hybridized carbons (Fsp3) is 0.235. The average Bonchev–Trinajstić information content (AvgIpc) is 2.64. The Balaban J connectivity index is 2.30. The lowest BCUT2D eigenvalue weighted by Crippen LogP contribution is -2.44. The molecule has 2 aromatic carbocycles. The van der Waals surface area contributed by atoms with Gasteiger partial charge < -0.3 is 5.32 Å². The highest BCUT2D eigenvalue weighted by molar-refractivity contribution is 7.98. The third-order valence-electron chi connectivity index (χ3n) is 3.68. The van der Waals surface area contributed by atoms with E-state index in [1.165, 1.54) is 23.9 Å². The van der Waals surface area contributed by atoms with Gasteiger partial charge in [-0.05, 0) is 36.6 Å². The molecule has 0 aromatic heterocycles. The molecule has 2 N–H and O–H groups in total. The first-order valence-electron chi connectivity index (χ1n) is 7.97. The van der Waals surface area contributed by atoms with Crippen molar-refractivity contribution in [3.05, 3.63) is 57.8 Å². The summed E-state index contributed by atoms with van der Waals surface area (Å²) in [5, 5.41) is 2.07. The Morgan fingerprint density at radius 2 is 1.76 bits per heavy atom. The number of sulfonamides is 1. The zero-order valence-electron chi connectivity index (χ0n) is 14.8. The van der Waals surface area contributed by atoms with Gasteiger partial charge in [0.15, 0.2) is 11.6 Å². The summed E-state index contributed by atoms with van der Waals surface area (Å²) in [5.41, 5.74) is -0.622. The first kappa shape index (κ1) is 23.8. The molecule has 0 bridgehead atoms. The Hall–Kier alpha value is -1.46. The van der Waals surface area contributed by atoms with Crippen LogP contribution in [0.4, 0.5) is 18.9 Å². The van der Waals surface area contributed by atoms with E-state index < -0.39 is 45.1 Å². The summed E-state index contributed by atoms with van der Waals surface area (Å²) in [6, 6.07) is 3.20. The van der Waals surface area contributed by atoms with Gasteiger partial charge in [0.05, 0.1) is 10.7 Å². The van der Waals surface area contributed by atoms with Crippen LogP contribution in [0.25, 0.3) is 0 Å². The maximum atomic E-state index is 13.8. The first-order chi connectivity index (χ1) is 13.5. The number of hydrogen-bond donors (Lipinski definition) is 2. The van der Waals surface area contributed by atoms with E-state index in [1.807, 2.05) is 0 Å². The molecule has 5 nitrogen and oxygen atoms in total. The van der Waals surface area contributed by atoms with E-state index in [0.29, 0.717) is 11.8 Å². The first-order valence-corrected chi connectivity index (χ1v) is 11.6. The number of halogens is 5. The largest absolute Gasteiger partial charge is 0.322 e. The highest BCUT2D eigenvalue weighted by atomic mass is 35.5. The zero-order chi connectivity index (χ0) is 21.8. The molecular formula is C17H15Cl2F3N2O3S2. The SMILES string of the molecule is CSCCC(NS(=O)(=O)c1cc(Cl)ccc1Cl)C(=O)Nc1cc(F)c(F)cc1F. The monoisotopic (exact) mass is 486 g/mol. The molecule has 2 rings (SSSR count). The minimum Gasteiger partial charge on any atom is -0.322 e. The lowest BCUT2D eigenvalue weighted by atomic mass is 10.2. The number of rotatable bonds is 8. The molecule has 29 heavy (non-hydrogen) atoms. The van der Waals surface area contributed by atoms with Crippen molar-refractivity contribution in [3.63, 3.8) is 0 Å². The number of carbonyl (C=O) groups is 1. The normalized spacial score (nSPS) is 12.6. The minimum absolute atomic E-state index is 0.0374. The lowest BCUT2D eigenvalue weighted by molar-refractivity contribution is -0.117. The molecule has 0 saturated heterocycles. The molecule has 0 aliphatic rings. The number of anilines is 1. The Labute approximate surface area is 180 Å². The Bertz CT molecular complexity index is 1020. The topological polar surface area (TPSA) is 75.3 Å². The van der Waals surface area contributed by atoms with E-state index in [0.717, 1.165) is 6.07 Å². The van der Waals surface area contributed by atoms with Crippen LogP contribution in [0.3, 0.4) is 0 Å². The van der Waals surface area contributed by atoms with Crippen LogP contribution in [0.2, 0.25) is 10.0 Å². The smallest absolute Gasteiger partial charge is 0.242 e. The van der Waals surface area contributed by atoms with Crippen LogP contribution in [0.15, 0.2) is 35.2 Å². The fourth-order valence-electron chi connectivity index (χ4n) is 2.25. The van der Waals surface area contributed by atoms with Crippen molar-refractivity contribution in [1.29, 1.82) is 0 Å². The highest BCUT2D eigenvalue weighted by Gasteiger charge is 2.28. The summed E-state index contributed by atoms with van der Waals surface area (Å²) in [4.78, 5) is 12.2. The number of benzene rings is 2. The van der Waals surface area contributed by atoms with Crippen molar-refractivity contribution in [3.8, 4) is 0 Å². The maximum Gasteiger partial charge on any atom is 0.242 e. The van der Waals surface area contributed by atoms with Crippen LogP contribution in [0, 0.1) is 17.5 Å². The highest BCUT2D eigenvalue weighted by Crippen LogP contribution is 2.25. The minimum atomic E-state index is -4.27. The molecule has 2 aromatic rings. The summed E-state index contributed by atoms with van der Waals surface area (Å²) in [7, 11) is -4.27. The fourth-order valence-corrected chi connectivity index (χ4v) is 4.72. The van der Waals surface area contributed by atoms with Gasteiger partial charge in [0.2, 0.25) is 15.9 Å². The molecule has 158 valence electrons. The van der Waals surface area contributed by atoms with Crippen molar-refractivity contribution in [2.75, 3.05) is 17.3 Å². The van der Waals surface area contributed by atoms with Crippen molar-refractivity contribution < 1.29 is 26.4 Å². The van der Waals surface area contributed by atoms with Crippen LogP contribution in [0.5, 0.6) is 0 Å². The third-order valence-corrected chi connectivity index (χ3v) is 6.51. The summed E-state index contributed by atoms with van der Waals surface area (Å²) in [6.07, 6.45) is 1.78. The van der Waals surface area contributed by atoms with Crippen molar-refractivity contribution in [1.82, 2.24) is 4.72 Å². The van der Waals surface area contributed by atoms with E-state index >= 15 is 0 Å². The molecule has 0 aliphatic heterocycles. The van der Waals surface area contributed by atoms with Crippen molar-refractivity contribution >= 4 is 56.6 Å². The van der Waals surface area contributed by atoms with Crippen LogP contribution in [0.1, 0.15) is 6.42 Å². The van der Waals surface area contributed by atoms with E-state index in [9.17, 15) is 26.4 Å². The quantitative estimate of drug-likeness (QED) is 0.540. The zero-order valence-corrected chi connectivity index (χ0v) is 18.0. The molecule has 0 fully saturated rings. The average molecular weight is 487 g/mol. The predicted octanol–water partition coefficient (Wildman–Crippen LogP) is 4.45. The van der Waals surface area contributed by atoms with Crippen molar-refractivity contribution in [2.24, 2.45) is 0 Å². The van der Waals surface area contributed by atoms with E-state index in [4.69, 9.17) is 23.2 Å². The molecule has 0 heterocycles. The van der Waals surface area contributed by atoms with Gasteiger partial charge in [-0.3, -0.25) is 4.79 Å². The van der Waals surface area contributed by atoms with Gasteiger partial charge in [0.25, 0.3) is 0 Å². The summed E-state index contributed by atoms with van der Waals surface area (Å²) >= 11 is 13.1. The van der Waals surface area contributed by atoms with Gasteiger partial charge in [0, 0.05) is 17.2 Å². The maximum absolute atomic E-state index is 13.8. The Morgan fingerprint density at radius 1 is 1.10 bits per heavy atom.